The van der Waals surface area contributed by atoms with Gasteiger partial charge in [-0.05, 0) is 49.6 Å². The molecule has 0 spiro atoms. The number of hydrogen-bond acceptors (Lipinski definition) is 3. The second kappa shape index (κ2) is 7.54. The van der Waals surface area contributed by atoms with Crippen LogP contribution in [0.2, 0.25) is 0 Å². The molecule has 2 N–H and O–H groups in total. The van der Waals surface area contributed by atoms with Crippen LogP contribution in [0.1, 0.15) is 56.9 Å². The molecule has 0 aliphatic carbocycles. The molecule has 6 nitrogen and oxygen atoms in total. The van der Waals surface area contributed by atoms with Crippen LogP contribution in [0.4, 0.5) is 0 Å². The molecule has 4 rings (SSSR count). The number of nitrogens with one attached hydrogen (secondary N) is 2. The Hall–Kier alpha value is -3.41. The minimum Gasteiger partial charge on any atom is -0.361 e. The predicted molar refractivity (Wildman–Crippen MR) is 111 cm³/mol. The smallest absolute Gasteiger partial charge is 0.261 e. The second-order valence-electron chi connectivity index (χ2n) is 7.41. The van der Waals surface area contributed by atoms with Gasteiger partial charge in [0, 0.05) is 35.2 Å². The van der Waals surface area contributed by atoms with E-state index in [4.69, 9.17) is 0 Å². The number of amides is 3. The van der Waals surface area contributed by atoms with Gasteiger partial charge in [0.15, 0.2) is 0 Å². The number of aromatic amines is 1. The van der Waals surface area contributed by atoms with Crippen LogP contribution in [-0.4, -0.2) is 40.2 Å². The van der Waals surface area contributed by atoms with Crippen molar-refractivity contribution in [1.82, 2.24) is 15.2 Å². The maximum Gasteiger partial charge on any atom is 0.261 e. The topological polar surface area (TPSA) is 82.3 Å². The van der Waals surface area contributed by atoms with E-state index in [2.05, 4.69) is 10.3 Å². The molecule has 0 saturated heterocycles. The van der Waals surface area contributed by atoms with E-state index < -0.39 is 0 Å². The third kappa shape index (κ3) is 3.42. The molecule has 6 heteroatoms. The summed E-state index contributed by atoms with van der Waals surface area (Å²) in [4.78, 5) is 42.4. The van der Waals surface area contributed by atoms with Gasteiger partial charge in [0.05, 0.1) is 11.1 Å². The van der Waals surface area contributed by atoms with E-state index >= 15 is 0 Å². The second-order valence-corrected chi connectivity index (χ2v) is 7.41. The van der Waals surface area contributed by atoms with Crippen molar-refractivity contribution in [3.8, 4) is 0 Å². The Labute approximate surface area is 168 Å². The Morgan fingerprint density at radius 1 is 1.10 bits per heavy atom. The summed E-state index contributed by atoms with van der Waals surface area (Å²) >= 11 is 0. The first-order valence-corrected chi connectivity index (χ1v) is 9.85. The van der Waals surface area contributed by atoms with Gasteiger partial charge in [0.25, 0.3) is 17.7 Å². The molecule has 0 saturated carbocycles. The van der Waals surface area contributed by atoms with Gasteiger partial charge >= 0.3 is 0 Å². The van der Waals surface area contributed by atoms with Gasteiger partial charge in [0.2, 0.25) is 0 Å². The lowest BCUT2D eigenvalue weighted by Crippen LogP contribution is -2.32. The number of fused-ring (bicyclic) bond motifs is 2. The number of carbonyl (C=O) groups is 3. The molecule has 0 bridgehead atoms. The number of para-hydroxylation sites is 1. The van der Waals surface area contributed by atoms with E-state index in [1.54, 1.807) is 12.1 Å². The Bertz CT molecular complexity index is 1120. The zero-order valence-electron chi connectivity index (χ0n) is 16.5. The van der Waals surface area contributed by atoms with Crippen LogP contribution < -0.4 is 5.32 Å². The van der Waals surface area contributed by atoms with Crippen molar-refractivity contribution < 1.29 is 14.4 Å². The summed E-state index contributed by atoms with van der Waals surface area (Å²) in [5.41, 5.74) is 3.14. The lowest BCUT2D eigenvalue weighted by molar-refractivity contribution is 0.0656. The van der Waals surface area contributed by atoms with Crippen LogP contribution >= 0.6 is 0 Å². The first-order chi connectivity index (χ1) is 14.0. The summed E-state index contributed by atoms with van der Waals surface area (Å²) in [5.74, 6) is -0.888. The first kappa shape index (κ1) is 18.9. The Morgan fingerprint density at radius 2 is 1.86 bits per heavy atom. The molecular weight excluding hydrogens is 366 g/mol. The van der Waals surface area contributed by atoms with Crippen molar-refractivity contribution in [2.24, 2.45) is 0 Å². The highest BCUT2D eigenvalue weighted by Crippen LogP contribution is 2.25. The molecule has 0 fully saturated rings. The standard InChI is InChI=1S/C23H23N3O3/c1-3-14(2)25-21(27)15-8-9-18-19(12-15)23(29)26(22(18)28)11-10-16-13-24-20-7-5-4-6-17(16)20/h4-9,12-14,24H,3,10-11H2,1-2H3,(H,25,27)/t14-/m0/s1. The Morgan fingerprint density at radius 3 is 2.66 bits per heavy atom. The zero-order chi connectivity index (χ0) is 20.5. The third-order valence-corrected chi connectivity index (χ3v) is 5.50. The number of nitrogens with zero attached hydrogens (tertiary/aromatic N) is 1. The van der Waals surface area contributed by atoms with Crippen molar-refractivity contribution in [3.63, 3.8) is 0 Å². The number of rotatable bonds is 6. The highest BCUT2D eigenvalue weighted by molar-refractivity contribution is 6.22. The summed E-state index contributed by atoms with van der Waals surface area (Å²) in [6.07, 6.45) is 3.30. The van der Waals surface area contributed by atoms with Crippen LogP contribution in [-0.2, 0) is 6.42 Å². The van der Waals surface area contributed by atoms with E-state index in [0.29, 0.717) is 29.7 Å². The lowest BCUT2D eigenvalue weighted by Gasteiger charge is -2.13. The summed E-state index contributed by atoms with van der Waals surface area (Å²) in [6.45, 7) is 4.20. The van der Waals surface area contributed by atoms with Crippen molar-refractivity contribution in [2.75, 3.05) is 6.54 Å². The molecule has 1 aliphatic heterocycles. The fraction of sp³-hybridized carbons (Fsp3) is 0.261. The summed E-state index contributed by atoms with van der Waals surface area (Å²) in [6, 6.07) is 12.7. The number of carbonyl (C=O) groups excluding carboxylic acids is 3. The minimum atomic E-state index is -0.344. The average Bonchev–Trinajstić information content (AvgIpc) is 3.25. The van der Waals surface area contributed by atoms with Gasteiger partial charge in [-0.3, -0.25) is 19.3 Å². The normalized spacial score (nSPS) is 14.3. The van der Waals surface area contributed by atoms with Crippen molar-refractivity contribution >= 4 is 28.6 Å². The van der Waals surface area contributed by atoms with Gasteiger partial charge in [0.1, 0.15) is 0 Å². The Kier molecular flexibility index (Phi) is 4.92. The monoisotopic (exact) mass is 389 g/mol. The summed E-state index contributed by atoms with van der Waals surface area (Å²) in [7, 11) is 0. The van der Waals surface area contributed by atoms with Gasteiger partial charge < -0.3 is 10.3 Å². The minimum absolute atomic E-state index is 0.0424. The van der Waals surface area contributed by atoms with Gasteiger partial charge in [-0.2, -0.15) is 0 Å². The molecule has 148 valence electrons. The van der Waals surface area contributed by atoms with Gasteiger partial charge in [-0.25, -0.2) is 0 Å². The number of imide groups is 1. The lowest BCUT2D eigenvalue weighted by atomic mass is 10.0. The van der Waals surface area contributed by atoms with E-state index in [0.717, 1.165) is 22.9 Å². The molecule has 3 aromatic rings. The molecular formula is C23H23N3O3. The largest absolute Gasteiger partial charge is 0.361 e. The summed E-state index contributed by atoms with van der Waals surface area (Å²) < 4.78 is 0. The van der Waals surface area contributed by atoms with E-state index in [1.165, 1.54) is 11.0 Å². The molecule has 1 aliphatic rings. The van der Waals surface area contributed by atoms with Gasteiger partial charge in [-0.15, -0.1) is 0 Å². The fourth-order valence-corrected chi connectivity index (χ4v) is 3.61. The maximum atomic E-state index is 12.8. The molecule has 2 heterocycles. The number of H-pyrrole nitrogens is 1. The molecule has 0 unspecified atom stereocenters. The zero-order valence-corrected chi connectivity index (χ0v) is 16.5. The highest BCUT2D eigenvalue weighted by atomic mass is 16.2. The van der Waals surface area contributed by atoms with Crippen LogP contribution in [0.3, 0.4) is 0 Å². The fourth-order valence-electron chi connectivity index (χ4n) is 3.61. The van der Waals surface area contributed by atoms with Crippen molar-refractivity contribution in [2.45, 2.75) is 32.7 Å². The number of benzene rings is 2. The first-order valence-electron chi connectivity index (χ1n) is 9.85. The van der Waals surface area contributed by atoms with Crippen LogP contribution in [0.5, 0.6) is 0 Å². The van der Waals surface area contributed by atoms with Crippen LogP contribution in [0, 0.1) is 0 Å². The molecule has 3 amide bonds. The Balaban J connectivity index is 1.52. The number of aromatic nitrogens is 1. The SMILES string of the molecule is CC[C@H](C)NC(=O)c1ccc2c(c1)C(=O)N(CCc1c[nH]c3ccccc13)C2=O. The van der Waals surface area contributed by atoms with Crippen LogP contribution in [0.25, 0.3) is 10.9 Å². The van der Waals surface area contributed by atoms with E-state index in [-0.39, 0.29) is 23.8 Å². The van der Waals surface area contributed by atoms with Crippen LogP contribution in [0.15, 0.2) is 48.7 Å². The quantitative estimate of drug-likeness (QED) is 0.633. The molecule has 1 atom stereocenters. The van der Waals surface area contributed by atoms with E-state index in [9.17, 15) is 14.4 Å². The van der Waals surface area contributed by atoms with E-state index in [1.807, 2.05) is 44.3 Å². The summed E-state index contributed by atoms with van der Waals surface area (Å²) in [5, 5.41) is 3.97. The predicted octanol–water partition coefficient (Wildman–Crippen LogP) is 3.53. The molecule has 2 aromatic carbocycles. The van der Waals surface area contributed by atoms with Crippen molar-refractivity contribution in [1.29, 1.82) is 0 Å². The highest BCUT2D eigenvalue weighted by Gasteiger charge is 2.35. The molecule has 1 aromatic heterocycles. The maximum absolute atomic E-state index is 12.8. The van der Waals surface area contributed by atoms with Gasteiger partial charge in [-0.1, -0.05) is 25.1 Å². The molecule has 0 radical (unpaired) electrons. The average molecular weight is 389 g/mol. The van der Waals surface area contributed by atoms with Crippen molar-refractivity contribution in [3.05, 3.63) is 70.9 Å². The number of hydrogen-bond donors (Lipinski definition) is 2. The third-order valence-electron chi connectivity index (χ3n) is 5.50. The molecule has 29 heavy (non-hydrogen) atoms.